The van der Waals surface area contributed by atoms with Gasteiger partial charge >= 0.3 is 0 Å². The van der Waals surface area contributed by atoms with Crippen LogP contribution in [-0.4, -0.2) is 22.5 Å². The van der Waals surface area contributed by atoms with Crippen molar-refractivity contribution >= 4 is 5.69 Å². The molecule has 0 radical (unpaired) electrons. The van der Waals surface area contributed by atoms with Crippen LogP contribution in [0.3, 0.4) is 0 Å². The molecule has 4 heteroatoms. The minimum atomic E-state index is 0.489. The summed E-state index contributed by atoms with van der Waals surface area (Å²) in [5, 5.41) is 4.13. The zero-order chi connectivity index (χ0) is 9.80. The Morgan fingerprint density at radius 2 is 2.57 bits per heavy atom. The number of hydrogen-bond acceptors (Lipinski definition) is 3. The van der Waals surface area contributed by atoms with Crippen molar-refractivity contribution in [3.05, 3.63) is 12.4 Å². The molecular weight excluding hydrogens is 178 g/mol. The number of hydrogen-bond donors (Lipinski definition) is 1. The van der Waals surface area contributed by atoms with Crippen LogP contribution in [-0.2, 0) is 11.3 Å². The summed E-state index contributed by atoms with van der Waals surface area (Å²) in [6.07, 6.45) is 8.75. The molecule has 1 aliphatic heterocycles. The van der Waals surface area contributed by atoms with E-state index in [2.05, 4.69) is 5.10 Å². The van der Waals surface area contributed by atoms with Gasteiger partial charge < -0.3 is 10.5 Å². The maximum atomic E-state index is 5.56. The molecular formula is C10H17N3O. The lowest BCUT2D eigenvalue weighted by Gasteiger charge is -2.08. The molecule has 0 saturated carbocycles. The van der Waals surface area contributed by atoms with Crippen molar-refractivity contribution < 1.29 is 4.74 Å². The molecule has 1 fully saturated rings. The molecule has 78 valence electrons. The van der Waals surface area contributed by atoms with E-state index in [4.69, 9.17) is 10.5 Å². The molecule has 2 N–H and O–H groups in total. The van der Waals surface area contributed by atoms with Crippen molar-refractivity contribution in [2.45, 2.75) is 38.3 Å². The molecule has 1 aromatic rings. The number of ether oxygens (including phenoxy) is 1. The molecule has 2 rings (SSSR count). The minimum absolute atomic E-state index is 0.489. The van der Waals surface area contributed by atoms with Crippen molar-refractivity contribution in [2.75, 3.05) is 12.3 Å². The fraction of sp³-hybridized carbons (Fsp3) is 0.700. The second-order valence-corrected chi connectivity index (χ2v) is 3.81. The predicted molar refractivity (Wildman–Crippen MR) is 54.8 cm³/mol. The molecule has 1 aromatic heterocycles. The van der Waals surface area contributed by atoms with Gasteiger partial charge in [0.2, 0.25) is 0 Å². The van der Waals surface area contributed by atoms with Gasteiger partial charge in [-0.05, 0) is 25.7 Å². The van der Waals surface area contributed by atoms with Crippen LogP contribution in [0.15, 0.2) is 12.4 Å². The minimum Gasteiger partial charge on any atom is -0.396 e. The lowest BCUT2D eigenvalue weighted by molar-refractivity contribution is 0.101. The van der Waals surface area contributed by atoms with E-state index < -0.39 is 0 Å². The van der Waals surface area contributed by atoms with Gasteiger partial charge in [0, 0.05) is 19.3 Å². The fourth-order valence-corrected chi connectivity index (χ4v) is 1.85. The molecule has 1 atom stereocenters. The summed E-state index contributed by atoms with van der Waals surface area (Å²) in [7, 11) is 0. The lowest BCUT2D eigenvalue weighted by atomic mass is 10.1. The molecule has 0 bridgehead atoms. The molecule has 1 aliphatic rings. The Bertz CT molecular complexity index is 279. The van der Waals surface area contributed by atoms with E-state index in [1.807, 2.05) is 10.9 Å². The van der Waals surface area contributed by atoms with E-state index in [0.29, 0.717) is 6.10 Å². The van der Waals surface area contributed by atoms with Gasteiger partial charge in [0.25, 0.3) is 0 Å². The highest BCUT2D eigenvalue weighted by Crippen LogP contribution is 2.17. The van der Waals surface area contributed by atoms with Crippen molar-refractivity contribution in [1.82, 2.24) is 9.78 Å². The number of rotatable bonds is 4. The van der Waals surface area contributed by atoms with Gasteiger partial charge in [0.1, 0.15) is 0 Å². The first-order valence-corrected chi connectivity index (χ1v) is 5.24. The van der Waals surface area contributed by atoms with Gasteiger partial charge in [-0.15, -0.1) is 0 Å². The van der Waals surface area contributed by atoms with Crippen molar-refractivity contribution in [2.24, 2.45) is 0 Å². The first-order valence-electron chi connectivity index (χ1n) is 5.24. The average molecular weight is 195 g/mol. The molecule has 0 amide bonds. The van der Waals surface area contributed by atoms with E-state index in [1.165, 1.54) is 12.8 Å². The molecule has 4 nitrogen and oxygen atoms in total. The smallest absolute Gasteiger partial charge is 0.0719 e. The van der Waals surface area contributed by atoms with E-state index in [-0.39, 0.29) is 0 Å². The van der Waals surface area contributed by atoms with Crippen LogP contribution in [0, 0.1) is 0 Å². The SMILES string of the molecule is Nc1cnn(CCCC2CCCO2)c1. The van der Waals surface area contributed by atoms with Crippen LogP contribution in [0.2, 0.25) is 0 Å². The van der Waals surface area contributed by atoms with Gasteiger partial charge in [-0.1, -0.05) is 0 Å². The Balaban J connectivity index is 1.67. The molecule has 2 heterocycles. The first kappa shape index (κ1) is 9.52. The number of nitrogen functional groups attached to an aromatic ring is 1. The second-order valence-electron chi connectivity index (χ2n) is 3.81. The number of anilines is 1. The van der Waals surface area contributed by atoms with Crippen LogP contribution >= 0.6 is 0 Å². The molecule has 0 spiro atoms. The number of aryl methyl sites for hydroxylation is 1. The van der Waals surface area contributed by atoms with Crippen LogP contribution in [0.5, 0.6) is 0 Å². The largest absolute Gasteiger partial charge is 0.396 e. The fourth-order valence-electron chi connectivity index (χ4n) is 1.85. The monoisotopic (exact) mass is 195 g/mol. The molecule has 1 unspecified atom stereocenters. The Morgan fingerprint density at radius 1 is 1.64 bits per heavy atom. The highest BCUT2D eigenvalue weighted by atomic mass is 16.5. The summed E-state index contributed by atoms with van der Waals surface area (Å²) in [6.45, 7) is 1.89. The van der Waals surface area contributed by atoms with Gasteiger partial charge in [0.15, 0.2) is 0 Å². The Labute approximate surface area is 84.0 Å². The predicted octanol–water partition coefficient (Wildman–Crippen LogP) is 1.42. The summed E-state index contributed by atoms with van der Waals surface area (Å²) in [4.78, 5) is 0. The topological polar surface area (TPSA) is 53.1 Å². The average Bonchev–Trinajstić information content (AvgIpc) is 2.77. The van der Waals surface area contributed by atoms with Gasteiger partial charge in [0.05, 0.1) is 18.0 Å². The molecule has 0 aromatic carbocycles. The van der Waals surface area contributed by atoms with Gasteiger partial charge in [-0.2, -0.15) is 5.10 Å². The lowest BCUT2D eigenvalue weighted by Crippen LogP contribution is -2.07. The Morgan fingerprint density at radius 3 is 3.21 bits per heavy atom. The van der Waals surface area contributed by atoms with Crippen LogP contribution in [0.4, 0.5) is 5.69 Å². The summed E-state index contributed by atoms with van der Waals surface area (Å²) in [5.41, 5.74) is 6.30. The summed E-state index contributed by atoms with van der Waals surface area (Å²) < 4.78 is 7.43. The maximum Gasteiger partial charge on any atom is 0.0719 e. The second kappa shape index (κ2) is 4.46. The van der Waals surface area contributed by atoms with Crippen molar-refractivity contribution in [1.29, 1.82) is 0 Å². The van der Waals surface area contributed by atoms with Crippen LogP contribution in [0.25, 0.3) is 0 Å². The zero-order valence-corrected chi connectivity index (χ0v) is 8.35. The van der Waals surface area contributed by atoms with Gasteiger partial charge in [-0.25, -0.2) is 0 Å². The third-order valence-electron chi connectivity index (χ3n) is 2.59. The third-order valence-corrected chi connectivity index (χ3v) is 2.59. The molecule has 1 saturated heterocycles. The standard InChI is InChI=1S/C10H17N3O/c11-9-7-12-13(8-9)5-1-3-10-4-2-6-14-10/h7-8,10H,1-6,11H2. The van der Waals surface area contributed by atoms with E-state index in [0.717, 1.165) is 31.7 Å². The van der Waals surface area contributed by atoms with E-state index >= 15 is 0 Å². The Kier molecular flexibility index (Phi) is 3.03. The molecule has 14 heavy (non-hydrogen) atoms. The number of nitrogens with zero attached hydrogens (tertiary/aromatic N) is 2. The summed E-state index contributed by atoms with van der Waals surface area (Å²) in [6, 6.07) is 0. The number of aromatic nitrogens is 2. The molecule has 0 aliphatic carbocycles. The zero-order valence-electron chi connectivity index (χ0n) is 8.35. The van der Waals surface area contributed by atoms with Crippen LogP contribution < -0.4 is 5.73 Å². The van der Waals surface area contributed by atoms with Crippen LogP contribution in [0.1, 0.15) is 25.7 Å². The van der Waals surface area contributed by atoms with E-state index in [9.17, 15) is 0 Å². The van der Waals surface area contributed by atoms with Gasteiger partial charge in [-0.3, -0.25) is 4.68 Å². The highest BCUT2D eigenvalue weighted by molar-refractivity contribution is 5.30. The summed E-state index contributed by atoms with van der Waals surface area (Å²) >= 11 is 0. The van der Waals surface area contributed by atoms with E-state index in [1.54, 1.807) is 6.20 Å². The Hall–Kier alpha value is -1.03. The normalized spacial score (nSPS) is 21.6. The van der Waals surface area contributed by atoms with Crippen molar-refractivity contribution in [3.8, 4) is 0 Å². The van der Waals surface area contributed by atoms with Crippen molar-refractivity contribution in [3.63, 3.8) is 0 Å². The summed E-state index contributed by atoms with van der Waals surface area (Å²) in [5.74, 6) is 0. The maximum absolute atomic E-state index is 5.56. The third kappa shape index (κ3) is 2.48. The quantitative estimate of drug-likeness (QED) is 0.790. The number of nitrogens with two attached hydrogens (primary N) is 1. The highest BCUT2D eigenvalue weighted by Gasteiger charge is 2.14. The first-order chi connectivity index (χ1) is 6.84.